The predicted octanol–water partition coefficient (Wildman–Crippen LogP) is 2.78. The van der Waals surface area contributed by atoms with E-state index in [-0.39, 0.29) is 0 Å². The van der Waals surface area contributed by atoms with Crippen molar-refractivity contribution in [1.29, 1.82) is 0 Å². The minimum atomic E-state index is 0.985. The van der Waals surface area contributed by atoms with Gasteiger partial charge in [0.1, 0.15) is 5.52 Å². The van der Waals surface area contributed by atoms with E-state index in [1.54, 1.807) is 6.20 Å². The van der Waals surface area contributed by atoms with Crippen LogP contribution in [0.5, 0.6) is 0 Å². The number of hydrogen-bond donors (Lipinski definition) is 0. The lowest BCUT2D eigenvalue weighted by molar-refractivity contribution is 1.12. The highest BCUT2D eigenvalue weighted by atomic mass is 15.1. The molecule has 1 heterocycles. The van der Waals surface area contributed by atoms with E-state index in [4.69, 9.17) is 0 Å². The lowest BCUT2D eigenvalue weighted by Gasteiger charge is -1.92. The van der Waals surface area contributed by atoms with Crippen LogP contribution in [0.25, 0.3) is 21.7 Å². The summed E-state index contributed by atoms with van der Waals surface area (Å²) in [4.78, 5) is 0. The van der Waals surface area contributed by atoms with Crippen LogP contribution in [0, 0.1) is 0 Å². The first-order chi connectivity index (χ1) is 6.95. The van der Waals surface area contributed by atoms with Gasteiger partial charge in [-0.25, -0.2) is 0 Å². The summed E-state index contributed by atoms with van der Waals surface area (Å²) in [7, 11) is 0. The normalized spacial score (nSPS) is 10.9. The Bertz CT molecular complexity index is 602. The average Bonchev–Trinajstić information content (AvgIpc) is 2.55. The van der Waals surface area contributed by atoms with Gasteiger partial charge in [-0.15, -0.1) is 5.10 Å². The van der Waals surface area contributed by atoms with Crippen LogP contribution in [0.2, 0.25) is 0 Å². The fraction of sp³-hybridized carbons (Fsp3) is 0. The van der Waals surface area contributed by atoms with Crippen molar-refractivity contribution < 1.29 is 0 Å². The molecular formula is C12H8N2. The Hall–Kier alpha value is -1.96. The van der Waals surface area contributed by atoms with E-state index in [0.717, 1.165) is 16.3 Å². The molecule has 2 aromatic carbocycles. The molecule has 2 heteroatoms. The molecule has 0 fully saturated rings. The van der Waals surface area contributed by atoms with Gasteiger partial charge in [-0.3, -0.25) is 0 Å². The Morgan fingerprint density at radius 1 is 0.786 bits per heavy atom. The van der Waals surface area contributed by atoms with Gasteiger partial charge in [0.05, 0.1) is 6.20 Å². The SMILES string of the molecule is c1ccc2ccc3cnnc3c2cc1. The molecule has 3 aromatic rings. The van der Waals surface area contributed by atoms with E-state index in [9.17, 15) is 0 Å². The monoisotopic (exact) mass is 180 g/mol. The fourth-order valence-electron chi connectivity index (χ4n) is 1.70. The first-order valence-corrected chi connectivity index (χ1v) is 4.54. The van der Waals surface area contributed by atoms with Gasteiger partial charge in [-0.05, 0) is 5.39 Å². The molecule has 0 bridgehead atoms. The van der Waals surface area contributed by atoms with Crippen molar-refractivity contribution in [2.24, 2.45) is 0 Å². The van der Waals surface area contributed by atoms with Crippen molar-refractivity contribution in [3.05, 3.63) is 48.7 Å². The van der Waals surface area contributed by atoms with Crippen molar-refractivity contribution >= 4 is 21.7 Å². The molecule has 2 nitrogen and oxygen atoms in total. The van der Waals surface area contributed by atoms with Crippen molar-refractivity contribution in [3.8, 4) is 0 Å². The maximum atomic E-state index is 4.12. The second-order valence-corrected chi connectivity index (χ2v) is 3.26. The number of fused-ring (bicyclic) bond motifs is 3. The molecule has 0 unspecified atom stereocenters. The zero-order valence-electron chi connectivity index (χ0n) is 7.51. The summed E-state index contributed by atoms with van der Waals surface area (Å²) < 4.78 is 0. The smallest absolute Gasteiger partial charge is 0.102 e. The molecule has 3 rings (SSSR count). The maximum absolute atomic E-state index is 4.12. The Balaban J connectivity index is 2.64. The zero-order valence-corrected chi connectivity index (χ0v) is 7.51. The molecule has 66 valence electrons. The molecule has 0 amide bonds. The molecular weight excluding hydrogens is 172 g/mol. The topological polar surface area (TPSA) is 25.8 Å². The highest BCUT2D eigenvalue weighted by Crippen LogP contribution is 2.21. The van der Waals surface area contributed by atoms with Gasteiger partial charge in [0.2, 0.25) is 0 Å². The molecule has 0 saturated carbocycles. The van der Waals surface area contributed by atoms with Crippen LogP contribution in [-0.2, 0) is 0 Å². The second-order valence-electron chi connectivity index (χ2n) is 3.26. The summed E-state index contributed by atoms with van der Waals surface area (Å²) in [6.45, 7) is 0. The summed E-state index contributed by atoms with van der Waals surface area (Å²) in [6, 6.07) is 14.4. The van der Waals surface area contributed by atoms with E-state index in [2.05, 4.69) is 34.5 Å². The summed E-state index contributed by atoms with van der Waals surface area (Å²) in [5, 5.41) is 11.5. The van der Waals surface area contributed by atoms with Crippen molar-refractivity contribution in [3.63, 3.8) is 0 Å². The van der Waals surface area contributed by atoms with Gasteiger partial charge in [0.15, 0.2) is 0 Å². The average molecular weight is 180 g/mol. The third-order valence-electron chi connectivity index (χ3n) is 2.40. The highest BCUT2D eigenvalue weighted by Gasteiger charge is 2.00. The zero-order chi connectivity index (χ0) is 9.38. The van der Waals surface area contributed by atoms with Crippen LogP contribution >= 0.6 is 0 Å². The Labute approximate surface area is 81.2 Å². The molecule has 1 aromatic heterocycles. The molecule has 14 heavy (non-hydrogen) atoms. The summed E-state index contributed by atoms with van der Waals surface area (Å²) in [5.74, 6) is 0. The predicted molar refractivity (Wildman–Crippen MR) is 57.0 cm³/mol. The Morgan fingerprint density at radius 2 is 1.64 bits per heavy atom. The summed E-state index contributed by atoms with van der Waals surface area (Å²) in [6.07, 6.45) is 1.79. The third-order valence-corrected chi connectivity index (χ3v) is 2.40. The van der Waals surface area contributed by atoms with Crippen LogP contribution in [0.1, 0.15) is 0 Å². The van der Waals surface area contributed by atoms with Gasteiger partial charge in [0, 0.05) is 10.8 Å². The molecule has 0 aliphatic heterocycles. The van der Waals surface area contributed by atoms with Crippen LogP contribution < -0.4 is 0 Å². The molecule has 0 N–H and O–H groups in total. The quantitative estimate of drug-likeness (QED) is 0.531. The van der Waals surface area contributed by atoms with Crippen LogP contribution in [0.4, 0.5) is 0 Å². The largest absolute Gasteiger partial charge is 0.158 e. The van der Waals surface area contributed by atoms with E-state index < -0.39 is 0 Å². The molecule has 0 radical (unpaired) electrons. The lowest BCUT2D eigenvalue weighted by atomic mass is 10.1. The fourth-order valence-corrected chi connectivity index (χ4v) is 1.70. The minimum Gasteiger partial charge on any atom is -0.158 e. The van der Waals surface area contributed by atoms with E-state index >= 15 is 0 Å². The third kappa shape index (κ3) is 0.973. The minimum absolute atomic E-state index is 0.985. The van der Waals surface area contributed by atoms with Gasteiger partial charge >= 0.3 is 0 Å². The van der Waals surface area contributed by atoms with E-state index in [1.807, 2.05) is 18.2 Å². The number of benzene rings is 1. The van der Waals surface area contributed by atoms with Crippen molar-refractivity contribution in [2.45, 2.75) is 0 Å². The Morgan fingerprint density at radius 3 is 2.64 bits per heavy atom. The van der Waals surface area contributed by atoms with Crippen molar-refractivity contribution in [2.75, 3.05) is 0 Å². The molecule has 0 spiro atoms. The first-order valence-electron chi connectivity index (χ1n) is 4.54. The number of nitrogens with zero attached hydrogens (tertiary/aromatic N) is 2. The Kier molecular flexibility index (Phi) is 1.47. The van der Waals surface area contributed by atoms with Gasteiger partial charge in [-0.1, -0.05) is 42.5 Å². The molecule has 0 aliphatic rings. The second kappa shape index (κ2) is 2.77. The standard InChI is InChI=1S/C12H8N2/c1-2-4-9-6-7-10-8-13-14-12(10)11(9)5-3-1/h1-8H. The van der Waals surface area contributed by atoms with Gasteiger partial charge in [0.25, 0.3) is 0 Å². The number of rotatable bonds is 0. The molecule has 0 atom stereocenters. The summed E-state index contributed by atoms with van der Waals surface area (Å²) >= 11 is 0. The number of aromatic nitrogens is 2. The first kappa shape index (κ1) is 7.44. The van der Waals surface area contributed by atoms with Crippen molar-refractivity contribution in [1.82, 2.24) is 10.2 Å². The van der Waals surface area contributed by atoms with E-state index in [1.165, 1.54) is 5.39 Å². The lowest BCUT2D eigenvalue weighted by Crippen LogP contribution is -1.71. The van der Waals surface area contributed by atoms with Crippen LogP contribution in [0.3, 0.4) is 0 Å². The van der Waals surface area contributed by atoms with E-state index in [0.29, 0.717) is 0 Å². The number of hydrogen-bond acceptors (Lipinski definition) is 2. The molecule has 0 saturated heterocycles. The van der Waals surface area contributed by atoms with Gasteiger partial charge in [-0.2, -0.15) is 5.10 Å². The maximum Gasteiger partial charge on any atom is 0.102 e. The van der Waals surface area contributed by atoms with Crippen LogP contribution in [-0.4, -0.2) is 10.2 Å². The molecule has 0 aliphatic carbocycles. The highest BCUT2D eigenvalue weighted by molar-refractivity contribution is 6.04. The summed E-state index contributed by atoms with van der Waals surface area (Å²) in [5.41, 5.74) is 0.985. The van der Waals surface area contributed by atoms with Gasteiger partial charge < -0.3 is 0 Å². The van der Waals surface area contributed by atoms with Crippen LogP contribution in [0.15, 0.2) is 48.7 Å².